The van der Waals surface area contributed by atoms with Crippen LogP contribution in [0.5, 0.6) is 0 Å². The van der Waals surface area contributed by atoms with Gasteiger partial charge in [0.1, 0.15) is 0 Å². The van der Waals surface area contributed by atoms with E-state index in [1.54, 1.807) is 0 Å². The first-order chi connectivity index (χ1) is 9.81. The molecule has 2 aliphatic rings. The van der Waals surface area contributed by atoms with Crippen molar-refractivity contribution in [2.45, 2.75) is 76.2 Å². The van der Waals surface area contributed by atoms with E-state index in [0.29, 0.717) is 17.9 Å². The third-order valence-corrected chi connectivity index (χ3v) is 5.39. The van der Waals surface area contributed by atoms with Crippen LogP contribution in [0.2, 0.25) is 0 Å². The standard InChI is InChI=1S/C16H27N3O/c1-3-11-6-4-7-12(10-11)15-18-16(20-19-15)13-8-5-9-14(13)17-2/h11-14,17H,3-10H2,1-2H3. The van der Waals surface area contributed by atoms with E-state index in [4.69, 9.17) is 9.51 Å². The third-order valence-electron chi connectivity index (χ3n) is 5.39. The van der Waals surface area contributed by atoms with E-state index in [1.807, 2.05) is 7.05 Å². The molecule has 4 nitrogen and oxygen atoms in total. The zero-order chi connectivity index (χ0) is 13.9. The summed E-state index contributed by atoms with van der Waals surface area (Å²) >= 11 is 0. The molecular weight excluding hydrogens is 250 g/mol. The lowest BCUT2D eigenvalue weighted by Gasteiger charge is -2.26. The molecule has 0 amide bonds. The van der Waals surface area contributed by atoms with E-state index in [2.05, 4.69) is 17.4 Å². The predicted molar refractivity (Wildman–Crippen MR) is 78.7 cm³/mol. The average Bonchev–Trinajstić information content (AvgIpc) is 3.15. The highest BCUT2D eigenvalue weighted by molar-refractivity contribution is 5.05. The smallest absolute Gasteiger partial charge is 0.231 e. The van der Waals surface area contributed by atoms with E-state index in [0.717, 1.165) is 17.6 Å². The van der Waals surface area contributed by atoms with Gasteiger partial charge in [-0.1, -0.05) is 37.8 Å². The maximum Gasteiger partial charge on any atom is 0.231 e. The van der Waals surface area contributed by atoms with Gasteiger partial charge in [0, 0.05) is 12.0 Å². The molecule has 112 valence electrons. The number of hydrogen-bond acceptors (Lipinski definition) is 4. The Morgan fingerprint density at radius 3 is 2.85 bits per heavy atom. The van der Waals surface area contributed by atoms with Gasteiger partial charge in [-0.3, -0.25) is 0 Å². The van der Waals surface area contributed by atoms with Gasteiger partial charge in [0.05, 0.1) is 5.92 Å². The van der Waals surface area contributed by atoms with Crippen LogP contribution >= 0.6 is 0 Å². The minimum atomic E-state index is 0.423. The lowest BCUT2D eigenvalue weighted by Crippen LogP contribution is -2.27. The molecule has 4 heteroatoms. The predicted octanol–water partition coefficient (Wildman–Crippen LogP) is 3.61. The van der Waals surface area contributed by atoms with E-state index >= 15 is 0 Å². The second-order valence-electron chi connectivity index (χ2n) is 6.56. The van der Waals surface area contributed by atoms with Crippen molar-refractivity contribution >= 4 is 0 Å². The molecule has 0 bridgehead atoms. The summed E-state index contributed by atoms with van der Waals surface area (Å²) in [5.41, 5.74) is 0. The van der Waals surface area contributed by atoms with Crippen LogP contribution < -0.4 is 5.32 Å². The first-order valence-electron chi connectivity index (χ1n) is 8.32. The Balaban J connectivity index is 1.70. The zero-order valence-corrected chi connectivity index (χ0v) is 12.8. The molecule has 1 N–H and O–H groups in total. The molecule has 2 aliphatic carbocycles. The van der Waals surface area contributed by atoms with Gasteiger partial charge in [-0.25, -0.2) is 0 Å². The van der Waals surface area contributed by atoms with Crippen molar-refractivity contribution in [2.75, 3.05) is 7.05 Å². The molecule has 2 fully saturated rings. The number of nitrogens with one attached hydrogen (secondary N) is 1. The maximum atomic E-state index is 5.60. The molecule has 3 rings (SSSR count). The number of hydrogen-bond donors (Lipinski definition) is 1. The van der Waals surface area contributed by atoms with Crippen LogP contribution in [-0.4, -0.2) is 23.2 Å². The summed E-state index contributed by atoms with van der Waals surface area (Å²) in [4.78, 5) is 4.77. The van der Waals surface area contributed by atoms with Crippen LogP contribution in [0.15, 0.2) is 4.52 Å². The Kier molecular flexibility index (Phi) is 4.39. The topological polar surface area (TPSA) is 51.0 Å². The summed E-state index contributed by atoms with van der Waals surface area (Å²) in [6.07, 6.45) is 10.1. The Labute approximate surface area is 121 Å². The van der Waals surface area contributed by atoms with Crippen molar-refractivity contribution in [1.29, 1.82) is 0 Å². The fraction of sp³-hybridized carbons (Fsp3) is 0.875. The Bertz CT molecular complexity index is 431. The fourth-order valence-electron chi connectivity index (χ4n) is 4.06. The monoisotopic (exact) mass is 277 g/mol. The van der Waals surface area contributed by atoms with Crippen LogP contribution in [0.3, 0.4) is 0 Å². The molecule has 1 aromatic rings. The summed E-state index contributed by atoms with van der Waals surface area (Å²) in [6, 6.07) is 0.512. The summed E-state index contributed by atoms with van der Waals surface area (Å²) in [5, 5.41) is 7.70. The molecule has 0 spiro atoms. The molecule has 0 aliphatic heterocycles. The molecule has 1 aromatic heterocycles. The lowest BCUT2D eigenvalue weighted by molar-refractivity contribution is 0.294. The number of aromatic nitrogens is 2. The Hall–Kier alpha value is -0.900. The maximum absolute atomic E-state index is 5.60. The van der Waals surface area contributed by atoms with Crippen LogP contribution in [0.25, 0.3) is 0 Å². The fourth-order valence-corrected chi connectivity index (χ4v) is 4.06. The molecule has 0 aromatic carbocycles. The molecule has 4 unspecified atom stereocenters. The molecule has 0 saturated heterocycles. The van der Waals surface area contributed by atoms with Gasteiger partial charge in [-0.15, -0.1) is 0 Å². The van der Waals surface area contributed by atoms with Crippen LogP contribution in [0.1, 0.15) is 81.8 Å². The van der Waals surface area contributed by atoms with Crippen molar-refractivity contribution in [3.63, 3.8) is 0 Å². The quantitative estimate of drug-likeness (QED) is 0.913. The molecule has 1 heterocycles. The molecular formula is C16H27N3O. The first-order valence-corrected chi connectivity index (χ1v) is 8.32. The van der Waals surface area contributed by atoms with E-state index in [1.165, 1.54) is 51.4 Å². The van der Waals surface area contributed by atoms with Crippen molar-refractivity contribution in [3.05, 3.63) is 11.7 Å². The highest BCUT2D eigenvalue weighted by Crippen LogP contribution is 2.38. The second-order valence-corrected chi connectivity index (χ2v) is 6.56. The van der Waals surface area contributed by atoms with Gasteiger partial charge >= 0.3 is 0 Å². The Morgan fingerprint density at radius 1 is 1.20 bits per heavy atom. The highest BCUT2D eigenvalue weighted by Gasteiger charge is 2.33. The largest absolute Gasteiger partial charge is 0.339 e. The number of rotatable bonds is 4. The highest BCUT2D eigenvalue weighted by atomic mass is 16.5. The Morgan fingerprint density at radius 2 is 2.05 bits per heavy atom. The molecule has 20 heavy (non-hydrogen) atoms. The van der Waals surface area contributed by atoms with Crippen LogP contribution in [0.4, 0.5) is 0 Å². The van der Waals surface area contributed by atoms with Gasteiger partial charge < -0.3 is 9.84 Å². The summed E-state index contributed by atoms with van der Waals surface area (Å²) in [7, 11) is 2.03. The minimum absolute atomic E-state index is 0.423. The number of likely N-dealkylation sites (N-methyl/N-ethyl adjacent to an activating group) is 1. The van der Waals surface area contributed by atoms with Gasteiger partial charge in [0.2, 0.25) is 5.89 Å². The lowest BCUT2D eigenvalue weighted by atomic mass is 9.80. The zero-order valence-electron chi connectivity index (χ0n) is 12.8. The third kappa shape index (κ3) is 2.76. The van der Waals surface area contributed by atoms with E-state index in [9.17, 15) is 0 Å². The molecule has 4 atom stereocenters. The van der Waals surface area contributed by atoms with Crippen LogP contribution in [-0.2, 0) is 0 Å². The first kappa shape index (κ1) is 14.1. The second kappa shape index (κ2) is 6.25. The van der Waals surface area contributed by atoms with Gasteiger partial charge in [0.25, 0.3) is 0 Å². The van der Waals surface area contributed by atoms with Crippen LogP contribution in [0, 0.1) is 5.92 Å². The molecule has 0 radical (unpaired) electrons. The molecule has 2 saturated carbocycles. The van der Waals surface area contributed by atoms with Crippen molar-refractivity contribution < 1.29 is 4.52 Å². The SMILES string of the molecule is CCC1CCCC(c2noc(C3CCCC3NC)n2)C1. The summed E-state index contributed by atoms with van der Waals surface area (Å²) in [5.74, 6) is 3.65. The van der Waals surface area contributed by atoms with Gasteiger partial charge in [-0.05, 0) is 38.6 Å². The summed E-state index contributed by atoms with van der Waals surface area (Å²) in [6.45, 7) is 2.30. The normalized spacial score (nSPS) is 34.5. The van der Waals surface area contributed by atoms with Gasteiger partial charge in [0.15, 0.2) is 5.82 Å². The van der Waals surface area contributed by atoms with Gasteiger partial charge in [-0.2, -0.15) is 4.98 Å². The number of nitrogens with zero attached hydrogens (tertiary/aromatic N) is 2. The van der Waals surface area contributed by atoms with E-state index < -0.39 is 0 Å². The van der Waals surface area contributed by atoms with Crippen molar-refractivity contribution in [1.82, 2.24) is 15.5 Å². The van der Waals surface area contributed by atoms with Crippen molar-refractivity contribution in [3.8, 4) is 0 Å². The van der Waals surface area contributed by atoms with E-state index in [-0.39, 0.29) is 0 Å². The van der Waals surface area contributed by atoms with Crippen molar-refractivity contribution in [2.24, 2.45) is 5.92 Å². The summed E-state index contributed by atoms with van der Waals surface area (Å²) < 4.78 is 5.60. The minimum Gasteiger partial charge on any atom is -0.339 e. The average molecular weight is 277 g/mol.